The predicted molar refractivity (Wildman–Crippen MR) is 42.9 cm³/mol. The van der Waals surface area contributed by atoms with Gasteiger partial charge >= 0.3 is 9.28 Å². The van der Waals surface area contributed by atoms with Crippen LogP contribution >= 0.6 is 0 Å². The third-order valence-electron chi connectivity index (χ3n) is 1.78. The van der Waals surface area contributed by atoms with Crippen molar-refractivity contribution in [1.29, 1.82) is 0 Å². The van der Waals surface area contributed by atoms with Crippen molar-refractivity contribution < 1.29 is 9.15 Å². The molecule has 0 unspecified atom stereocenters. The summed E-state index contributed by atoms with van der Waals surface area (Å²) in [4.78, 5) is 0. The summed E-state index contributed by atoms with van der Waals surface area (Å²) in [6.07, 6.45) is 6.78. The van der Waals surface area contributed by atoms with Gasteiger partial charge in [0, 0.05) is 0 Å². The van der Waals surface area contributed by atoms with E-state index < -0.39 is 9.28 Å². The first-order valence-corrected chi connectivity index (χ1v) is 6.01. The van der Waals surface area contributed by atoms with E-state index in [1.165, 1.54) is 38.1 Å². The van der Waals surface area contributed by atoms with Crippen LogP contribution in [0.5, 0.6) is 0 Å². The standard InChI is InChI=1S/C7H16O2Si/c1-2-3-4-5-6-7-10-8-9-10/h10H,2-7H2,1H3. The molecule has 0 saturated carbocycles. The highest BCUT2D eigenvalue weighted by Gasteiger charge is 2.28. The second kappa shape index (κ2) is 4.88. The predicted octanol–water partition coefficient (Wildman–Crippen LogP) is 2.14. The molecule has 1 rings (SSSR count). The van der Waals surface area contributed by atoms with Gasteiger partial charge in [-0.05, 0) is 6.04 Å². The van der Waals surface area contributed by atoms with Gasteiger partial charge in [-0.1, -0.05) is 39.0 Å². The molecule has 0 amide bonds. The van der Waals surface area contributed by atoms with Gasteiger partial charge in [-0.3, -0.25) is 9.15 Å². The highest BCUT2D eigenvalue weighted by molar-refractivity contribution is 6.49. The van der Waals surface area contributed by atoms with E-state index in [1.807, 2.05) is 0 Å². The van der Waals surface area contributed by atoms with Gasteiger partial charge < -0.3 is 0 Å². The molecular weight excluding hydrogens is 144 g/mol. The molecule has 1 saturated heterocycles. The van der Waals surface area contributed by atoms with E-state index in [0.717, 1.165) is 0 Å². The van der Waals surface area contributed by atoms with Gasteiger partial charge in [0.15, 0.2) is 0 Å². The molecule has 0 aromatic heterocycles. The summed E-state index contributed by atoms with van der Waals surface area (Å²) in [5.74, 6) is 0. The monoisotopic (exact) mass is 160 g/mol. The first kappa shape index (κ1) is 8.24. The van der Waals surface area contributed by atoms with Crippen molar-refractivity contribution in [1.82, 2.24) is 0 Å². The molecule has 0 aromatic carbocycles. The van der Waals surface area contributed by atoms with Gasteiger partial charge in [-0.2, -0.15) is 0 Å². The fraction of sp³-hybridized carbons (Fsp3) is 1.00. The fourth-order valence-corrected chi connectivity index (χ4v) is 2.18. The Hall–Kier alpha value is 0.137. The van der Waals surface area contributed by atoms with Crippen molar-refractivity contribution >= 4 is 9.28 Å². The SMILES string of the molecule is CCCCCCC[SiH]1OO1. The molecule has 2 nitrogen and oxygen atoms in total. The molecule has 1 aliphatic heterocycles. The summed E-state index contributed by atoms with van der Waals surface area (Å²) in [6, 6.07) is 1.23. The molecule has 0 aromatic rings. The highest BCUT2D eigenvalue weighted by Crippen LogP contribution is 2.16. The van der Waals surface area contributed by atoms with Crippen molar-refractivity contribution in [3.05, 3.63) is 0 Å². The molecular formula is C7H16O2Si. The minimum Gasteiger partial charge on any atom is -0.261 e. The van der Waals surface area contributed by atoms with E-state index in [0.29, 0.717) is 0 Å². The molecule has 1 heterocycles. The van der Waals surface area contributed by atoms with Crippen molar-refractivity contribution in [3.63, 3.8) is 0 Å². The van der Waals surface area contributed by atoms with E-state index in [9.17, 15) is 0 Å². The van der Waals surface area contributed by atoms with Crippen molar-refractivity contribution in [2.75, 3.05) is 0 Å². The maximum atomic E-state index is 4.75. The van der Waals surface area contributed by atoms with E-state index in [1.54, 1.807) is 0 Å². The zero-order valence-corrected chi connectivity index (χ0v) is 7.79. The van der Waals surface area contributed by atoms with Gasteiger partial charge in [0.2, 0.25) is 0 Å². The maximum absolute atomic E-state index is 4.75. The third kappa shape index (κ3) is 4.03. The van der Waals surface area contributed by atoms with Crippen molar-refractivity contribution in [2.24, 2.45) is 0 Å². The van der Waals surface area contributed by atoms with Crippen LogP contribution in [0, 0.1) is 0 Å². The number of hydrogen-bond acceptors (Lipinski definition) is 2. The zero-order chi connectivity index (χ0) is 7.23. The Bertz CT molecular complexity index is 83.7. The second-order valence-electron chi connectivity index (χ2n) is 2.82. The van der Waals surface area contributed by atoms with Crippen LogP contribution in [0.3, 0.4) is 0 Å². The first-order chi connectivity index (χ1) is 4.93. The molecule has 0 spiro atoms. The first-order valence-electron chi connectivity index (χ1n) is 4.25. The van der Waals surface area contributed by atoms with Crippen LogP contribution in [0.2, 0.25) is 6.04 Å². The second-order valence-corrected chi connectivity index (χ2v) is 4.65. The Morgan fingerprint density at radius 1 is 1.00 bits per heavy atom. The molecule has 0 aliphatic carbocycles. The van der Waals surface area contributed by atoms with E-state index in [4.69, 9.17) is 9.15 Å². The maximum Gasteiger partial charge on any atom is 0.393 e. The van der Waals surface area contributed by atoms with Crippen LogP contribution in [0.1, 0.15) is 39.0 Å². The Morgan fingerprint density at radius 2 is 1.70 bits per heavy atom. The highest BCUT2D eigenvalue weighted by atomic mass is 28.3. The topological polar surface area (TPSA) is 25.1 Å². The normalized spacial score (nSPS) is 17.7. The van der Waals surface area contributed by atoms with Crippen molar-refractivity contribution in [2.45, 2.75) is 45.1 Å². The van der Waals surface area contributed by atoms with Gasteiger partial charge in [-0.25, -0.2) is 0 Å². The lowest BCUT2D eigenvalue weighted by molar-refractivity contribution is 0.0850. The third-order valence-corrected chi connectivity index (χ3v) is 3.12. The molecule has 0 N–H and O–H groups in total. The van der Waals surface area contributed by atoms with E-state index in [-0.39, 0.29) is 0 Å². The minimum absolute atomic E-state index is 0.972. The molecule has 1 fully saturated rings. The Morgan fingerprint density at radius 3 is 2.30 bits per heavy atom. The summed E-state index contributed by atoms with van der Waals surface area (Å²) < 4.78 is 9.51. The molecule has 3 heteroatoms. The van der Waals surface area contributed by atoms with Crippen LogP contribution in [0.15, 0.2) is 0 Å². The minimum atomic E-state index is -0.972. The molecule has 0 atom stereocenters. The fourth-order valence-electron chi connectivity index (χ4n) is 1.05. The summed E-state index contributed by atoms with van der Waals surface area (Å²) in [7, 11) is -0.972. The molecule has 0 radical (unpaired) electrons. The van der Waals surface area contributed by atoms with E-state index >= 15 is 0 Å². The van der Waals surface area contributed by atoms with Gasteiger partial charge in [0.05, 0.1) is 0 Å². The zero-order valence-electron chi connectivity index (χ0n) is 6.64. The van der Waals surface area contributed by atoms with Crippen LogP contribution in [-0.4, -0.2) is 9.28 Å². The Kier molecular flexibility index (Phi) is 4.02. The number of unbranched alkanes of at least 4 members (excludes halogenated alkanes) is 4. The van der Waals surface area contributed by atoms with Gasteiger partial charge in [0.25, 0.3) is 0 Å². The molecule has 0 bridgehead atoms. The number of hydrogen-bond donors (Lipinski definition) is 0. The van der Waals surface area contributed by atoms with Crippen LogP contribution in [0.25, 0.3) is 0 Å². The largest absolute Gasteiger partial charge is 0.393 e. The van der Waals surface area contributed by atoms with Crippen LogP contribution < -0.4 is 0 Å². The number of rotatable bonds is 6. The summed E-state index contributed by atoms with van der Waals surface area (Å²) in [5.41, 5.74) is 0. The average molecular weight is 160 g/mol. The molecule has 10 heavy (non-hydrogen) atoms. The lowest BCUT2D eigenvalue weighted by Gasteiger charge is -1.94. The Balaban J connectivity index is 1.68. The van der Waals surface area contributed by atoms with E-state index in [2.05, 4.69) is 6.92 Å². The molecule has 1 aliphatic rings. The lowest BCUT2D eigenvalue weighted by Crippen LogP contribution is -1.88. The van der Waals surface area contributed by atoms with Crippen molar-refractivity contribution in [3.8, 4) is 0 Å². The lowest BCUT2D eigenvalue weighted by atomic mass is 10.2. The van der Waals surface area contributed by atoms with Gasteiger partial charge in [-0.15, -0.1) is 0 Å². The Labute approximate surface area is 64.3 Å². The van der Waals surface area contributed by atoms with Crippen LogP contribution in [0.4, 0.5) is 0 Å². The van der Waals surface area contributed by atoms with Gasteiger partial charge in [0.1, 0.15) is 0 Å². The summed E-state index contributed by atoms with van der Waals surface area (Å²) in [5, 5.41) is 0. The summed E-state index contributed by atoms with van der Waals surface area (Å²) >= 11 is 0. The average Bonchev–Trinajstić information content (AvgIpc) is 2.71. The van der Waals surface area contributed by atoms with Crippen LogP contribution in [-0.2, 0) is 9.15 Å². The smallest absolute Gasteiger partial charge is 0.261 e. The summed E-state index contributed by atoms with van der Waals surface area (Å²) in [6.45, 7) is 2.24. The molecule has 60 valence electrons. The quantitative estimate of drug-likeness (QED) is 0.257.